The standard InChI is InChI=1S/C17H16N2O2S/c1-12-6-5-7-13(10-12)11-22-17-19-18-16(21-17)14-8-3-4-9-15(14)20-2/h3-10H,11H2,1-2H3. The number of aromatic nitrogens is 2. The minimum absolute atomic E-state index is 0.476. The molecule has 0 aliphatic heterocycles. The molecule has 0 N–H and O–H groups in total. The zero-order valence-corrected chi connectivity index (χ0v) is 13.3. The number of ether oxygens (including phenoxy) is 1. The van der Waals surface area contributed by atoms with Crippen LogP contribution in [0.3, 0.4) is 0 Å². The number of para-hydroxylation sites is 1. The third-order valence-electron chi connectivity index (χ3n) is 3.19. The number of aryl methyl sites for hydroxylation is 1. The van der Waals surface area contributed by atoms with Crippen molar-refractivity contribution in [2.45, 2.75) is 17.9 Å². The van der Waals surface area contributed by atoms with Gasteiger partial charge in [0, 0.05) is 5.75 Å². The summed E-state index contributed by atoms with van der Waals surface area (Å²) >= 11 is 1.53. The molecule has 0 atom stereocenters. The Morgan fingerprint density at radius 3 is 2.77 bits per heavy atom. The SMILES string of the molecule is COc1ccccc1-c1nnc(SCc2cccc(C)c2)o1. The molecule has 0 bridgehead atoms. The number of benzene rings is 2. The van der Waals surface area contributed by atoms with Crippen LogP contribution in [-0.4, -0.2) is 17.3 Å². The summed E-state index contributed by atoms with van der Waals surface area (Å²) in [6.07, 6.45) is 0. The largest absolute Gasteiger partial charge is 0.496 e. The molecule has 5 heteroatoms. The van der Waals surface area contributed by atoms with Crippen molar-refractivity contribution in [3.05, 3.63) is 59.7 Å². The normalized spacial score (nSPS) is 10.6. The van der Waals surface area contributed by atoms with Crippen LogP contribution in [0.25, 0.3) is 11.5 Å². The van der Waals surface area contributed by atoms with Crippen molar-refractivity contribution in [1.82, 2.24) is 10.2 Å². The zero-order valence-electron chi connectivity index (χ0n) is 12.4. The average molecular weight is 312 g/mol. The van der Waals surface area contributed by atoms with Crippen LogP contribution in [0.5, 0.6) is 5.75 Å². The summed E-state index contributed by atoms with van der Waals surface area (Å²) in [6, 6.07) is 16.0. The van der Waals surface area contributed by atoms with Crippen LogP contribution < -0.4 is 4.74 Å². The molecule has 22 heavy (non-hydrogen) atoms. The van der Waals surface area contributed by atoms with Gasteiger partial charge in [-0.15, -0.1) is 10.2 Å². The van der Waals surface area contributed by atoms with E-state index in [2.05, 4.69) is 41.4 Å². The van der Waals surface area contributed by atoms with E-state index in [0.29, 0.717) is 11.1 Å². The van der Waals surface area contributed by atoms with Gasteiger partial charge in [0.2, 0.25) is 0 Å². The van der Waals surface area contributed by atoms with Gasteiger partial charge in [0.15, 0.2) is 0 Å². The highest BCUT2D eigenvalue weighted by Gasteiger charge is 2.13. The summed E-state index contributed by atoms with van der Waals surface area (Å²) in [5.41, 5.74) is 3.29. The Kier molecular flexibility index (Phi) is 4.44. The van der Waals surface area contributed by atoms with Gasteiger partial charge in [-0.1, -0.05) is 53.7 Å². The molecular weight excluding hydrogens is 296 g/mol. The predicted molar refractivity (Wildman–Crippen MR) is 87.0 cm³/mol. The number of hydrogen-bond acceptors (Lipinski definition) is 5. The fraction of sp³-hybridized carbons (Fsp3) is 0.176. The van der Waals surface area contributed by atoms with Crippen molar-refractivity contribution < 1.29 is 9.15 Å². The van der Waals surface area contributed by atoms with E-state index in [1.807, 2.05) is 24.3 Å². The van der Waals surface area contributed by atoms with Crippen molar-refractivity contribution in [2.75, 3.05) is 7.11 Å². The molecule has 2 aromatic carbocycles. The van der Waals surface area contributed by atoms with Crippen LogP contribution in [-0.2, 0) is 5.75 Å². The summed E-state index contributed by atoms with van der Waals surface area (Å²) < 4.78 is 11.0. The van der Waals surface area contributed by atoms with Crippen molar-refractivity contribution in [2.24, 2.45) is 0 Å². The minimum atomic E-state index is 0.476. The second-order valence-electron chi connectivity index (χ2n) is 4.85. The Labute approximate surface area is 133 Å². The Hall–Kier alpha value is -2.27. The fourth-order valence-corrected chi connectivity index (χ4v) is 2.85. The molecule has 0 unspecified atom stereocenters. The number of rotatable bonds is 5. The second kappa shape index (κ2) is 6.66. The van der Waals surface area contributed by atoms with Crippen LogP contribution in [0.15, 0.2) is 58.2 Å². The Morgan fingerprint density at radius 2 is 1.95 bits per heavy atom. The maximum Gasteiger partial charge on any atom is 0.277 e. The van der Waals surface area contributed by atoms with Crippen LogP contribution in [0, 0.1) is 6.92 Å². The van der Waals surface area contributed by atoms with Gasteiger partial charge in [-0.25, -0.2) is 0 Å². The van der Waals surface area contributed by atoms with Gasteiger partial charge >= 0.3 is 0 Å². The van der Waals surface area contributed by atoms with Crippen LogP contribution in [0.2, 0.25) is 0 Å². The lowest BCUT2D eigenvalue weighted by Gasteiger charge is -2.03. The van der Waals surface area contributed by atoms with E-state index in [1.165, 1.54) is 22.9 Å². The highest BCUT2D eigenvalue weighted by atomic mass is 32.2. The molecule has 0 fully saturated rings. The first-order chi connectivity index (χ1) is 10.8. The Bertz CT molecular complexity index is 771. The Morgan fingerprint density at radius 1 is 1.09 bits per heavy atom. The van der Waals surface area contributed by atoms with E-state index in [9.17, 15) is 0 Å². The smallest absolute Gasteiger partial charge is 0.277 e. The lowest BCUT2D eigenvalue weighted by Crippen LogP contribution is -1.87. The van der Waals surface area contributed by atoms with Crippen molar-refractivity contribution >= 4 is 11.8 Å². The monoisotopic (exact) mass is 312 g/mol. The first-order valence-corrected chi connectivity index (χ1v) is 7.90. The molecule has 4 nitrogen and oxygen atoms in total. The highest BCUT2D eigenvalue weighted by Crippen LogP contribution is 2.31. The van der Waals surface area contributed by atoms with Gasteiger partial charge in [-0.05, 0) is 24.6 Å². The maximum absolute atomic E-state index is 5.72. The van der Waals surface area contributed by atoms with Crippen LogP contribution in [0.4, 0.5) is 0 Å². The molecule has 0 spiro atoms. The Balaban J connectivity index is 1.74. The van der Waals surface area contributed by atoms with Crippen LogP contribution in [0.1, 0.15) is 11.1 Å². The molecule has 0 saturated carbocycles. The summed E-state index contributed by atoms with van der Waals surface area (Å²) in [5.74, 6) is 2.00. The van der Waals surface area contributed by atoms with E-state index in [4.69, 9.17) is 9.15 Å². The van der Waals surface area contributed by atoms with Gasteiger partial charge in [0.25, 0.3) is 11.1 Å². The lowest BCUT2D eigenvalue weighted by molar-refractivity contribution is 0.411. The number of nitrogens with zero attached hydrogens (tertiary/aromatic N) is 2. The summed E-state index contributed by atoms with van der Waals surface area (Å²) in [7, 11) is 1.63. The van der Waals surface area contributed by atoms with Gasteiger partial charge in [0.1, 0.15) is 5.75 Å². The molecule has 3 rings (SSSR count). The van der Waals surface area contributed by atoms with Gasteiger partial charge < -0.3 is 9.15 Å². The fourth-order valence-electron chi connectivity index (χ4n) is 2.15. The van der Waals surface area contributed by atoms with E-state index in [1.54, 1.807) is 7.11 Å². The van der Waals surface area contributed by atoms with Gasteiger partial charge in [-0.2, -0.15) is 0 Å². The van der Waals surface area contributed by atoms with Crippen molar-refractivity contribution in [3.63, 3.8) is 0 Å². The maximum atomic E-state index is 5.72. The van der Waals surface area contributed by atoms with E-state index in [-0.39, 0.29) is 0 Å². The van der Waals surface area contributed by atoms with Crippen molar-refractivity contribution in [1.29, 1.82) is 0 Å². The molecule has 0 radical (unpaired) electrons. The second-order valence-corrected chi connectivity index (χ2v) is 5.78. The van der Waals surface area contributed by atoms with Crippen LogP contribution >= 0.6 is 11.8 Å². The first kappa shape index (κ1) is 14.7. The molecule has 1 aromatic heterocycles. The average Bonchev–Trinajstić information content (AvgIpc) is 3.02. The molecule has 0 aliphatic carbocycles. The molecule has 0 amide bonds. The first-order valence-electron chi connectivity index (χ1n) is 6.91. The molecule has 0 saturated heterocycles. The summed E-state index contributed by atoms with van der Waals surface area (Å²) in [5, 5.41) is 8.76. The highest BCUT2D eigenvalue weighted by molar-refractivity contribution is 7.98. The zero-order chi connectivity index (χ0) is 15.4. The van der Waals surface area contributed by atoms with Gasteiger partial charge in [-0.3, -0.25) is 0 Å². The molecule has 1 heterocycles. The molecule has 3 aromatic rings. The van der Waals surface area contributed by atoms with E-state index < -0.39 is 0 Å². The summed E-state index contributed by atoms with van der Waals surface area (Å²) in [6.45, 7) is 2.08. The third-order valence-corrected chi connectivity index (χ3v) is 4.08. The quantitative estimate of drug-likeness (QED) is 0.656. The number of hydrogen-bond donors (Lipinski definition) is 0. The van der Waals surface area contributed by atoms with Crippen molar-refractivity contribution in [3.8, 4) is 17.2 Å². The van der Waals surface area contributed by atoms with Gasteiger partial charge in [0.05, 0.1) is 12.7 Å². The van der Waals surface area contributed by atoms with E-state index >= 15 is 0 Å². The topological polar surface area (TPSA) is 48.2 Å². The third kappa shape index (κ3) is 3.31. The predicted octanol–water partition coefficient (Wildman–Crippen LogP) is 4.35. The minimum Gasteiger partial charge on any atom is -0.496 e. The molecular formula is C17H16N2O2S. The lowest BCUT2D eigenvalue weighted by atomic mass is 10.2. The number of methoxy groups -OCH3 is 1. The molecule has 0 aliphatic rings. The molecule has 112 valence electrons. The number of thioether (sulfide) groups is 1. The van der Waals surface area contributed by atoms with E-state index in [0.717, 1.165) is 17.1 Å². The summed E-state index contributed by atoms with van der Waals surface area (Å²) in [4.78, 5) is 0.